The SMILES string of the molecule is CC(C)(C)[Si](C)(C)OCC=O.CC(C)Oc1ccc(C(=O)NN(CCO)Cc2ccc(-c3cn(C)c(C(C)(C)C)n3)cc2)cc1C#N.CC(C)Oc1ccc(C(=O)NN)cc1C#N.Cn1cc(-c2ccc(C=O)cc2)nc1C(C)(C)C. The number of hydrogen-bond acceptors (Lipinski definition) is 14. The van der Waals surface area contributed by atoms with E-state index in [2.05, 4.69) is 101 Å². The summed E-state index contributed by atoms with van der Waals surface area (Å²) in [5.74, 6) is 7.17. The lowest BCUT2D eigenvalue weighted by Crippen LogP contribution is -2.43. The van der Waals surface area contributed by atoms with Crippen LogP contribution in [0.4, 0.5) is 0 Å². The van der Waals surface area contributed by atoms with Crippen molar-refractivity contribution in [2.24, 2.45) is 19.9 Å². The van der Waals surface area contributed by atoms with Crippen LogP contribution in [0.3, 0.4) is 0 Å². The van der Waals surface area contributed by atoms with Gasteiger partial charge < -0.3 is 32.9 Å². The zero-order valence-electron chi connectivity index (χ0n) is 50.4. The van der Waals surface area contributed by atoms with E-state index in [1.54, 1.807) is 29.3 Å². The number of aliphatic hydroxyl groups is 1. The van der Waals surface area contributed by atoms with Gasteiger partial charge in [-0.3, -0.25) is 25.2 Å². The maximum Gasteiger partial charge on any atom is 0.265 e. The number of nitrogens with two attached hydrogens (primary N) is 1. The Hall–Kier alpha value is -7.78. The average molecular weight is 1130 g/mol. The van der Waals surface area contributed by atoms with E-state index < -0.39 is 14.2 Å². The van der Waals surface area contributed by atoms with Crippen LogP contribution in [0.5, 0.6) is 11.5 Å². The maximum absolute atomic E-state index is 12.9. The monoisotopic (exact) mass is 1120 g/mol. The van der Waals surface area contributed by atoms with Crippen LogP contribution in [-0.2, 0) is 40.7 Å². The molecule has 2 heterocycles. The molecule has 0 aliphatic heterocycles. The van der Waals surface area contributed by atoms with Gasteiger partial charge in [-0.1, -0.05) is 111 Å². The first-order valence-corrected chi connectivity index (χ1v) is 29.6. The van der Waals surface area contributed by atoms with Crippen LogP contribution in [0.2, 0.25) is 18.1 Å². The lowest BCUT2D eigenvalue weighted by Gasteiger charge is -2.35. The van der Waals surface area contributed by atoms with Gasteiger partial charge >= 0.3 is 0 Å². The lowest BCUT2D eigenvalue weighted by atomic mass is 9.96. The highest BCUT2D eigenvalue weighted by Gasteiger charge is 2.37. The van der Waals surface area contributed by atoms with Gasteiger partial charge in [0.2, 0.25) is 0 Å². The molecule has 2 aromatic heterocycles. The standard InChI is InChI=1S/C28H35N5O3.C15H18N2O.C11H13N3O2.C8H18O2Si/c1-19(2)36-25-12-11-22(15-23(25)16-29)26(35)31-33(13-14-34)17-20-7-9-21(10-8-20)24-18-32(6)27(30-24)28(3,4)5;1-15(2,3)14-16-13(9-17(14)4)12-7-5-11(10-18)6-8-12;1-7(2)16-10-4-3-8(11(15)14-13)5-9(10)6-12;1-8(2,3)11(4,5)10-7-6-9/h7-12,15,18-19,34H,13-14,17H2,1-6H3,(H,31,35);5-10H,1-4H3;3-5,7H,13H2,1-2H3,(H,14,15);6H,7H2,1-5H3. The minimum absolute atomic E-state index is 0.0235. The van der Waals surface area contributed by atoms with Crippen molar-refractivity contribution in [1.29, 1.82) is 10.5 Å². The molecule has 6 aromatic rings. The zero-order chi connectivity index (χ0) is 61.0. The van der Waals surface area contributed by atoms with E-state index in [4.69, 9.17) is 30.0 Å². The predicted octanol–water partition coefficient (Wildman–Crippen LogP) is 10.5. The fraction of sp³-hybridized carbons (Fsp3) is 0.419. The van der Waals surface area contributed by atoms with E-state index in [1.165, 1.54) is 12.1 Å². The molecule has 19 heteroatoms. The number of aliphatic hydroxyl groups excluding tert-OH is 1. The van der Waals surface area contributed by atoms with Crippen LogP contribution in [0.1, 0.15) is 149 Å². The first kappa shape index (κ1) is 67.5. The molecule has 0 aliphatic rings. The summed E-state index contributed by atoms with van der Waals surface area (Å²) in [6, 6.07) is 28.9. The molecule has 434 valence electrons. The van der Waals surface area contributed by atoms with Gasteiger partial charge in [0.05, 0.1) is 47.9 Å². The van der Waals surface area contributed by atoms with E-state index in [0.717, 1.165) is 52.3 Å². The molecular formula is C62H84N10O8Si. The summed E-state index contributed by atoms with van der Waals surface area (Å²) in [6.45, 7) is 31.9. The van der Waals surface area contributed by atoms with Crippen molar-refractivity contribution in [3.8, 4) is 46.2 Å². The molecule has 0 saturated carbocycles. The van der Waals surface area contributed by atoms with E-state index >= 15 is 0 Å². The Labute approximate surface area is 480 Å². The second-order valence-electron chi connectivity index (χ2n) is 23.3. The number of hydrogen-bond donors (Lipinski definition) is 4. The Kier molecular flexibility index (Phi) is 25.1. The second kappa shape index (κ2) is 30.2. The average Bonchev–Trinajstić information content (AvgIpc) is 4.12. The number of nitrogen functional groups attached to an aromatic ring is 1. The number of aryl methyl sites for hydroxylation is 2. The van der Waals surface area contributed by atoms with Crippen molar-refractivity contribution in [3.63, 3.8) is 0 Å². The summed E-state index contributed by atoms with van der Waals surface area (Å²) < 4.78 is 20.7. The lowest BCUT2D eigenvalue weighted by molar-refractivity contribution is -0.109. The Morgan fingerprint density at radius 3 is 1.49 bits per heavy atom. The highest BCUT2D eigenvalue weighted by molar-refractivity contribution is 6.74. The first-order chi connectivity index (χ1) is 37.8. The van der Waals surface area contributed by atoms with Crippen LogP contribution in [0.25, 0.3) is 22.5 Å². The number of nitrogens with zero attached hydrogens (tertiary/aromatic N) is 7. The molecule has 0 bridgehead atoms. The molecule has 6 rings (SSSR count). The molecule has 81 heavy (non-hydrogen) atoms. The van der Waals surface area contributed by atoms with E-state index in [-0.39, 0.29) is 53.7 Å². The van der Waals surface area contributed by atoms with Gasteiger partial charge in [0.15, 0.2) is 8.32 Å². The zero-order valence-corrected chi connectivity index (χ0v) is 51.4. The molecule has 0 aliphatic carbocycles. The summed E-state index contributed by atoms with van der Waals surface area (Å²) in [7, 11) is 2.36. The molecule has 18 nitrogen and oxygen atoms in total. The van der Waals surface area contributed by atoms with Crippen molar-refractivity contribution in [1.82, 2.24) is 35.0 Å². The number of aldehydes is 2. The minimum Gasteiger partial charge on any atom is -0.490 e. The molecule has 5 N–H and O–H groups in total. The number of hydrazine groups is 2. The number of benzene rings is 4. The highest BCUT2D eigenvalue weighted by atomic mass is 28.4. The van der Waals surface area contributed by atoms with Gasteiger partial charge in [-0.15, -0.1) is 0 Å². The van der Waals surface area contributed by atoms with E-state index in [9.17, 15) is 29.5 Å². The Bertz CT molecular complexity index is 3110. The molecular weight excluding hydrogens is 1040 g/mol. The molecule has 0 unspecified atom stereocenters. The Balaban J connectivity index is 0.000000319. The third-order valence-electron chi connectivity index (χ3n) is 12.6. The van der Waals surface area contributed by atoms with Gasteiger partial charge in [-0.05, 0) is 87.8 Å². The molecule has 4 aromatic carbocycles. The minimum atomic E-state index is -1.66. The van der Waals surface area contributed by atoms with Crippen molar-refractivity contribution in [2.45, 2.75) is 138 Å². The van der Waals surface area contributed by atoms with E-state index in [1.807, 2.05) is 114 Å². The van der Waals surface area contributed by atoms with Gasteiger partial charge in [0, 0.05) is 78.2 Å². The van der Waals surface area contributed by atoms with Gasteiger partial charge in [-0.2, -0.15) is 10.5 Å². The van der Waals surface area contributed by atoms with Gasteiger partial charge in [0.1, 0.15) is 47.9 Å². The van der Waals surface area contributed by atoms with Crippen LogP contribution >= 0.6 is 0 Å². The number of amides is 2. The normalized spacial score (nSPS) is 11.4. The second-order valence-corrected chi connectivity index (χ2v) is 28.1. The third kappa shape index (κ3) is 20.7. The van der Waals surface area contributed by atoms with Crippen molar-refractivity contribution in [2.75, 3.05) is 19.8 Å². The Morgan fingerprint density at radius 2 is 1.15 bits per heavy atom. The fourth-order valence-corrected chi connectivity index (χ4v) is 8.53. The summed E-state index contributed by atoms with van der Waals surface area (Å²) in [4.78, 5) is 54.3. The quantitative estimate of drug-likeness (QED) is 0.0218. The molecule has 2 amide bonds. The van der Waals surface area contributed by atoms with Crippen LogP contribution in [0, 0.1) is 22.7 Å². The molecule has 0 spiro atoms. The number of rotatable bonds is 17. The number of nitriles is 2. The van der Waals surface area contributed by atoms with Gasteiger partial charge in [0.25, 0.3) is 11.8 Å². The fourth-order valence-electron chi connectivity index (χ4n) is 7.61. The number of carbonyl (C=O) groups excluding carboxylic acids is 4. The highest BCUT2D eigenvalue weighted by Crippen LogP contribution is 2.36. The van der Waals surface area contributed by atoms with E-state index in [0.29, 0.717) is 45.9 Å². The third-order valence-corrected chi connectivity index (χ3v) is 17.1. The number of carbonyl (C=O) groups is 4. The topological polar surface area (TPSA) is 253 Å². The predicted molar refractivity (Wildman–Crippen MR) is 320 cm³/mol. The number of imidazole rings is 2. The van der Waals surface area contributed by atoms with Crippen LogP contribution in [0.15, 0.2) is 97.3 Å². The van der Waals surface area contributed by atoms with Crippen molar-refractivity contribution in [3.05, 3.63) is 142 Å². The van der Waals surface area contributed by atoms with Crippen molar-refractivity contribution < 1.29 is 38.2 Å². The molecule has 0 radical (unpaired) electrons. The van der Waals surface area contributed by atoms with Crippen molar-refractivity contribution >= 4 is 32.7 Å². The smallest absolute Gasteiger partial charge is 0.265 e. The molecule has 0 saturated heterocycles. The summed E-state index contributed by atoms with van der Waals surface area (Å²) >= 11 is 0. The number of nitrogens with one attached hydrogen (secondary N) is 2. The molecule has 0 fully saturated rings. The van der Waals surface area contributed by atoms with Crippen LogP contribution < -0.4 is 26.2 Å². The first-order valence-electron chi connectivity index (χ1n) is 26.7. The number of aromatic nitrogens is 4. The van der Waals surface area contributed by atoms with Crippen LogP contribution in [-0.4, -0.2) is 93.9 Å². The maximum atomic E-state index is 12.9. The summed E-state index contributed by atoms with van der Waals surface area (Å²) in [5, 5.41) is 29.7. The summed E-state index contributed by atoms with van der Waals surface area (Å²) in [6.07, 6.45) is 5.61. The largest absolute Gasteiger partial charge is 0.490 e. The van der Waals surface area contributed by atoms with Gasteiger partial charge in [-0.25, -0.2) is 20.8 Å². The summed E-state index contributed by atoms with van der Waals surface area (Å²) in [5.41, 5.74) is 11.6. The number of ether oxygens (including phenoxy) is 2. The Morgan fingerprint density at radius 1 is 0.716 bits per heavy atom. The molecule has 0 atom stereocenters.